The fourth-order valence-electron chi connectivity index (χ4n) is 3.92. The molecule has 0 amide bonds. The summed E-state index contributed by atoms with van der Waals surface area (Å²) in [5.74, 6) is 2.06. The van der Waals surface area contributed by atoms with Crippen LogP contribution >= 0.6 is 0 Å². The molecule has 0 aromatic carbocycles. The van der Waals surface area contributed by atoms with Gasteiger partial charge in [-0.3, -0.25) is 4.79 Å². The van der Waals surface area contributed by atoms with Crippen LogP contribution in [0.25, 0.3) is 0 Å². The first-order valence-corrected chi connectivity index (χ1v) is 9.28. The zero-order valence-electron chi connectivity index (χ0n) is 14.4. The molecular formula is C19H36O2. The lowest BCUT2D eigenvalue weighted by molar-refractivity contribution is -0.137. The van der Waals surface area contributed by atoms with E-state index in [1.165, 1.54) is 78.2 Å². The maximum atomic E-state index is 9.59. The van der Waals surface area contributed by atoms with Gasteiger partial charge in [0.25, 0.3) is 0 Å². The third kappa shape index (κ3) is 9.16. The highest BCUT2D eigenvalue weighted by molar-refractivity contribution is 5.65. The van der Waals surface area contributed by atoms with E-state index in [2.05, 4.69) is 4.74 Å². The molecule has 0 bridgehead atoms. The molecule has 0 spiro atoms. The van der Waals surface area contributed by atoms with E-state index >= 15 is 0 Å². The van der Waals surface area contributed by atoms with Gasteiger partial charge in [0.1, 0.15) is 0 Å². The van der Waals surface area contributed by atoms with Gasteiger partial charge in [-0.2, -0.15) is 0 Å². The maximum absolute atomic E-state index is 9.59. The lowest BCUT2D eigenvalue weighted by atomic mass is 9.71. The summed E-state index contributed by atoms with van der Waals surface area (Å²) in [6.45, 7) is 1.36. The number of methoxy groups -OCH3 is 1. The molecule has 0 atom stereocenters. The summed E-state index contributed by atoms with van der Waals surface area (Å²) in [6.07, 6.45) is 21.4. The Morgan fingerprint density at radius 1 is 0.667 bits per heavy atom. The molecule has 0 unspecified atom stereocenters. The quantitative estimate of drug-likeness (QED) is 0.521. The summed E-state index contributed by atoms with van der Waals surface area (Å²) >= 11 is 0. The highest BCUT2D eigenvalue weighted by atomic mass is 16.5. The summed E-state index contributed by atoms with van der Waals surface area (Å²) < 4.78 is 4.11. The lowest BCUT2D eigenvalue weighted by Gasteiger charge is -2.35. The van der Waals surface area contributed by atoms with Crippen LogP contribution in [0.2, 0.25) is 0 Å². The summed E-state index contributed by atoms with van der Waals surface area (Å²) in [5.41, 5.74) is 0. The second-order valence-corrected chi connectivity index (χ2v) is 6.91. The second kappa shape index (κ2) is 12.1. The highest BCUT2D eigenvalue weighted by Crippen LogP contribution is 2.39. The number of hydrogen-bond acceptors (Lipinski definition) is 2. The highest BCUT2D eigenvalue weighted by Gasteiger charge is 2.26. The Kier molecular flexibility index (Phi) is 10.6. The first-order chi connectivity index (χ1) is 10.2. The monoisotopic (exact) mass is 296 g/mol. The lowest BCUT2D eigenvalue weighted by Crippen LogP contribution is -2.22. The molecule has 3 saturated carbocycles. The van der Waals surface area contributed by atoms with E-state index in [0.717, 1.165) is 11.8 Å². The van der Waals surface area contributed by atoms with Crippen molar-refractivity contribution < 1.29 is 9.53 Å². The number of hydrogen-bond donors (Lipinski definition) is 0. The third-order valence-corrected chi connectivity index (χ3v) is 5.25. The Balaban J connectivity index is 0.000000173. The van der Waals surface area contributed by atoms with Crippen molar-refractivity contribution in [1.29, 1.82) is 0 Å². The Morgan fingerprint density at radius 3 is 1.10 bits per heavy atom. The molecule has 3 aliphatic rings. The Morgan fingerprint density at radius 2 is 0.905 bits per heavy atom. The van der Waals surface area contributed by atoms with Crippen molar-refractivity contribution in [2.45, 2.75) is 96.8 Å². The topological polar surface area (TPSA) is 26.3 Å². The van der Waals surface area contributed by atoms with Gasteiger partial charge in [0.05, 0.1) is 7.11 Å². The Hall–Kier alpha value is -0.530. The van der Waals surface area contributed by atoms with Crippen LogP contribution in [0.4, 0.5) is 0 Å². The Labute approximate surface area is 132 Å². The SMILES string of the molecule is C1CCC2CCCCC2C1.C1CCCCC1.COC(C)=O. The standard InChI is InChI=1S/C10H18.C6H12.C3H6O2/c1-2-6-10-8-4-3-7-9(10)5-1;1-2-4-6-5-3-1;1-3(4)5-2/h9-10H,1-8H2;1-6H2;1-2H3. The second-order valence-electron chi connectivity index (χ2n) is 6.91. The van der Waals surface area contributed by atoms with Crippen molar-refractivity contribution in [3.05, 3.63) is 0 Å². The van der Waals surface area contributed by atoms with E-state index in [-0.39, 0.29) is 5.97 Å². The molecule has 0 N–H and O–H groups in total. The van der Waals surface area contributed by atoms with Gasteiger partial charge in [-0.25, -0.2) is 0 Å². The minimum absolute atomic E-state index is 0.245. The number of fused-ring (bicyclic) bond motifs is 1. The van der Waals surface area contributed by atoms with E-state index in [1.54, 1.807) is 25.7 Å². The molecule has 21 heavy (non-hydrogen) atoms. The van der Waals surface area contributed by atoms with Crippen LogP contribution in [0.3, 0.4) is 0 Å². The van der Waals surface area contributed by atoms with Gasteiger partial charge >= 0.3 is 5.97 Å². The van der Waals surface area contributed by atoms with Gasteiger partial charge in [0.2, 0.25) is 0 Å². The smallest absolute Gasteiger partial charge is 0.302 e. The van der Waals surface area contributed by atoms with E-state index in [9.17, 15) is 4.79 Å². The fourth-order valence-corrected chi connectivity index (χ4v) is 3.92. The van der Waals surface area contributed by atoms with Gasteiger partial charge in [0, 0.05) is 6.92 Å². The van der Waals surface area contributed by atoms with Crippen LogP contribution < -0.4 is 0 Å². The molecule has 3 rings (SSSR count). The summed E-state index contributed by atoms with van der Waals surface area (Å²) in [7, 11) is 1.35. The van der Waals surface area contributed by atoms with Crippen LogP contribution in [0.5, 0.6) is 0 Å². The van der Waals surface area contributed by atoms with Crippen LogP contribution in [0, 0.1) is 11.8 Å². The van der Waals surface area contributed by atoms with Crippen molar-refractivity contribution in [3.63, 3.8) is 0 Å². The molecule has 2 nitrogen and oxygen atoms in total. The van der Waals surface area contributed by atoms with Gasteiger partial charge < -0.3 is 4.74 Å². The average Bonchev–Trinajstić information content (AvgIpc) is 2.57. The molecule has 3 fully saturated rings. The van der Waals surface area contributed by atoms with Gasteiger partial charge in [0.15, 0.2) is 0 Å². The van der Waals surface area contributed by atoms with Crippen molar-refractivity contribution in [2.24, 2.45) is 11.8 Å². The molecule has 0 aromatic heterocycles. The third-order valence-electron chi connectivity index (χ3n) is 5.25. The summed E-state index contributed by atoms with van der Waals surface area (Å²) in [4.78, 5) is 9.59. The Bertz CT molecular complexity index is 221. The molecule has 124 valence electrons. The number of rotatable bonds is 0. The molecule has 0 saturated heterocycles. The van der Waals surface area contributed by atoms with Gasteiger partial charge in [-0.1, -0.05) is 89.9 Å². The number of esters is 1. The number of ether oxygens (including phenoxy) is 1. The molecule has 2 heteroatoms. The zero-order valence-corrected chi connectivity index (χ0v) is 14.4. The maximum Gasteiger partial charge on any atom is 0.302 e. The van der Waals surface area contributed by atoms with Crippen molar-refractivity contribution >= 4 is 5.97 Å². The first-order valence-electron chi connectivity index (χ1n) is 9.28. The molecule has 0 radical (unpaired) electrons. The minimum atomic E-state index is -0.245. The zero-order chi connectivity index (χ0) is 15.3. The number of carbonyl (C=O) groups excluding carboxylic acids is 1. The average molecular weight is 296 g/mol. The van der Waals surface area contributed by atoms with Gasteiger partial charge in [-0.15, -0.1) is 0 Å². The van der Waals surface area contributed by atoms with Crippen LogP contribution in [0.15, 0.2) is 0 Å². The molecule has 0 heterocycles. The van der Waals surface area contributed by atoms with E-state index in [1.807, 2.05) is 0 Å². The molecule has 0 aromatic rings. The first kappa shape index (κ1) is 18.5. The van der Waals surface area contributed by atoms with Crippen molar-refractivity contribution in [2.75, 3.05) is 7.11 Å². The van der Waals surface area contributed by atoms with E-state index in [0.29, 0.717) is 0 Å². The predicted molar refractivity (Wildman–Crippen MR) is 89.3 cm³/mol. The molecule has 0 aliphatic heterocycles. The van der Waals surface area contributed by atoms with Crippen LogP contribution in [0.1, 0.15) is 96.8 Å². The normalized spacial score (nSPS) is 27.9. The van der Waals surface area contributed by atoms with Crippen LogP contribution in [-0.4, -0.2) is 13.1 Å². The van der Waals surface area contributed by atoms with Gasteiger partial charge in [-0.05, 0) is 11.8 Å². The van der Waals surface area contributed by atoms with E-state index < -0.39 is 0 Å². The summed E-state index contributed by atoms with van der Waals surface area (Å²) in [5, 5.41) is 0. The molecule has 3 aliphatic carbocycles. The van der Waals surface area contributed by atoms with Crippen LogP contribution in [-0.2, 0) is 9.53 Å². The minimum Gasteiger partial charge on any atom is -0.469 e. The fraction of sp³-hybridized carbons (Fsp3) is 0.947. The van der Waals surface area contributed by atoms with Crippen molar-refractivity contribution in [1.82, 2.24) is 0 Å². The summed E-state index contributed by atoms with van der Waals surface area (Å²) in [6, 6.07) is 0. The molecular weight excluding hydrogens is 260 g/mol. The van der Waals surface area contributed by atoms with E-state index in [4.69, 9.17) is 0 Å². The number of carbonyl (C=O) groups is 1. The van der Waals surface area contributed by atoms with Crippen molar-refractivity contribution in [3.8, 4) is 0 Å². The predicted octanol–water partition coefficient (Wildman–Crippen LogP) is 5.89. The largest absolute Gasteiger partial charge is 0.469 e.